The molecule has 11 heteroatoms. The molecule has 1 aromatic carbocycles. The van der Waals surface area contributed by atoms with Crippen LogP contribution in [-0.2, 0) is 27.1 Å². The third-order valence-electron chi connectivity index (χ3n) is 5.43. The normalized spacial score (nSPS) is 11.1. The van der Waals surface area contributed by atoms with Crippen LogP contribution in [0.15, 0.2) is 50.3 Å². The number of halogens is 1. The summed E-state index contributed by atoms with van der Waals surface area (Å²) in [6.45, 7) is 3.76. The second kappa shape index (κ2) is 9.12. The molecule has 0 amide bonds. The topological polar surface area (TPSA) is 104 Å². The van der Waals surface area contributed by atoms with Crippen molar-refractivity contribution in [2.75, 3.05) is 0 Å². The average molecular weight is 463 g/mol. The van der Waals surface area contributed by atoms with E-state index >= 15 is 0 Å². The molecule has 3 aromatic heterocycles. The summed E-state index contributed by atoms with van der Waals surface area (Å²) in [6, 6.07) is 5.64. The van der Waals surface area contributed by atoms with Gasteiger partial charge in [0.1, 0.15) is 5.82 Å². The van der Waals surface area contributed by atoms with Crippen LogP contribution in [0.4, 0.5) is 4.39 Å². The van der Waals surface area contributed by atoms with Crippen LogP contribution in [-0.4, -0.2) is 57.7 Å². The summed E-state index contributed by atoms with van der Waals surface area (Å²) >= 11 is 0. The summed E-state index contributed by atoms with van der Waals surface area (Å²) in [4.78, 5) is 43.1. The first-order valence-corrected chi connectivity index (χ1v) is 9.92. The molecule has 0 spiro atoms. The third-order valence-corrected chi connectivity index (χ3v) is 5.43. The minimum absolute atomic E-state index is 0. The fourth-order valence-electron chi connectivity index (χ4n) is 3.65. The van der Waals surface area contributed by atoms with Crippen molar-refractivity contribution in [1.82, 2.24) is 23.1 Å². The van der Waals surface area contributed by atoms with Crippen molar-refractivity contribution in [2.24, 2.45) is 14.1 Å². The zero-order valence-electron chi connectivity index (χ0n) is 18.1. The quantitative estimate of drug-likeness (QED) is 0.356. The number of aromatic nitrogens is 5. The summed E-state index contributed by atoms with van der Waals surface area (Å²) in [5.41, 5.74) is -0.0436. The Labute approximate surface area is 209 Å². The third kappa shape index (κ3) is 4.09. The number of rotatable bonds is 4. The molecule has 33 heavy (non-hydrogen) atoms. The molecule has 0 saturated carbocycles. The Kier molecular flexibility index (Phi) is 6.83. The van der Waals surface area contributed by atoms with E-state index in [-0.39, 0.29) is 65.0 Å². The van der Waals surface area contributed by atoms with Gasteiger partial charge in [-0.1, -0.05) is 23.8 Å². The van der Waals surface area contributed by atoms with Gasteiger partial charge in [-0.15, -0.1) is 0 Å². The molecule has 0 unspecified atom stereocenters. The summed E-state index contributed by atoms with van der Waals surface area (Å²) < 4.78 is 18.0. The van der Waals surface area contributed by atoms with Crippen molar-refractivity contribution in [3.63, 3.8) is 0 Å². The zero-order chi connectivity index (χ0) is 23.3. The van der Waals surface area contributed by atoms with Gasteiger partial charge in [-0.3, -0.25) is 23.3 Å². The molecule has 0 radical (unpaired) electrons. The summed E-state index contributed by atoms with van der Waals surface area (Å²) in [5.74, 6) is -0.812. The minimum atomic E-state index is -0.647. The molecule has 0 saturated heterocycles. The van der Waals surface area contributed by atoms with Crippen LogP contribution in [0.5, 0.6) is 5.88 Å². The SMILES string of the molecule is CC(C)=CCc1c(O)n2c3c(=O)n(C)c(=O)n(C)c3nc2n(Cc2ccc(F)cc2)c1=O.[NaH]. The van der Waals surface area contributed by atoms with Gasteiger partial charge in [-0.2, -0.15) is 4.98 Å². The molecule has 4 aromatic rings. The van der Waals surface area contributed by atoms with Crippen LogP contribution >= 0.6 is 0 Å². The number of hydrogen-bond donors (Lipinski definition) is 1. The van der Waals surface area contributed by atoms with Gasteiger partial charge in [-0.25, -0.2) is 13.6 Å². The van der Waals surface area contributed by atoms with Crippen LogP contribution < -0.4 is 16.8 Å². The van der Waals surface area contributed by atoms with E-state index in [1.165, 1.54) is 39.8 Å². The summed E-state index contributed by atoms with van der Waals surface area (Å²) in [5, 5.41) is 11.0. The van der Waals surface area contributed by atoms with Crippen LogP contribution in [0.3, 0.4) is 0 Å². The Morgan fingerprint density at radius 2 is 1.70 bits per heavy atom. The molecule has 0 fully saturated rings. The number of nitrogens with zero attached hydrogens (tertiary/aromatic N) is 5. The first-order valence-electron chi connectivity index (χ1n) is 9.92. The van der Waals surface area contributed by atoms with Gasteiger partial charge in [0.25, 0.3) is 11.1 Å². The number of fused-ring (bicyclic) bond motifs is 3. The Bertz CT molecular complexity index is 1590. The number of hydrogen-bond acceptors (Lipinski definition) is 5. The van der Waals surface area contributed by atoms with Crippen molar-refractivity contribution < 1.29 is 9.50 Å². The molecule has 0 atom stereocenters. The Morgan fingerprint density at radius 3 is 2.30 bits per heavy atom. The van der Waals surface area contributed by atoms with Crippen LogP contribution in [0, 0.1) is 5.82 Å². The fraction of sp³-hybridized carbons (Fsp3) is 0.273. The first kappa shape index (κ1) is 24.7. The molecule has 0 aliphatic heterocycles. The number of aryl methyl sites for hydroxylation is 1. The van der Waals surface area contributed by atoms with Crippen molar-refractivity contribution in [2.45, 2.75) is 26.8 Å². The predicted molar refractivity (Wildman–Crippen MR) is 125 cm³/mol. The van der Waals surface area contributed by atoms with Crippen molar-refractivity contribution in [3.8, 4) is 5.88 Å². The maximum atomic E-state index is 13.4. The van der Waals surface area contributed by atoms with Crippen molar-refractivity contribution in [3.05, 3.63) is 84.1 Å². The number of imidazole rings is 1. The van der Waals surface area contributed by atoms with Crippen molar-refractivity contribution in [1.29, 1.82) is 0 Å². The molecular weight excluding hydrogens is 440 g/mol. The van der Waals surface area contributed by atoms with E-state index in [1.807, 2.05) is 13.8 Å². The molecule has 0 bridgehead atoms. The van der Waals surface area contributed by atoms with Gasteiger partial charge in [0.05, 0.1) is 12.1 Å². The van der Waals surface area contributed by atoms with Crippen LogP contribution in [0.25, 0.3) is 16.9 Å². The summed E-state index contributed by atoms with van der Waals surface area (Å²) in [6.07, 6.45) is 1.93. The van der Waals surface area contributed by atoms with Gasteiger partial charge < -0.3 is 5.11 Å². The standard InChI is InChI=1S/C22H22FN5O4.Na.H/c1-12(2)5-10-15-18(29)27(11-13-6-8-14(23)9-7-13)21-24-17-16(28(21)19(15)30)20(31)26(4)22(32)25(17)3;;/h5-9,30H,10-11H2,1-4H3;;. The van der Waals surface area contributed by atoms with E-state index in [0.717, 1.165) is 10.1 Å². The second-order valence-electron chi connectivity index (χ2n) is 7.93. The Morgan fingerprint density at radius 1 is 1.06 bits per heavy atom. The molecule has 3 heterocycles. The van der Waals surface area contributed by atoms with Gasteiger partial charge in [0.2, 0.25) is 11.7 Å². The molecule has 9 nitrogen and oxygen atoms in total. The monoisotopic (exact) mass is 463 g/mol. The van der Waals surface area contributed by atoms with Crippen LogP contribution in [0.1, 0.15) is 25.0 Å². The number of aromatic hydroxyl groups is 1. The Balaban J connectivity index is 0.00000306. The average Bonchev–Trinajstić information content (AvgIpc) is 3.15. The Hall–Kier alpha value is -2.95. The molecule has 1 N–H and O–H groups in total. The number of benzene rings is 1. The maximum absolute atomic E-state index is 13.4. The number of allylic oxidation sites excluding steroid dienone is 2. The van der Waals surface area contributed by atoms with E-state index in [9.17, 15) is 23.9 Å². The molecule has 0 aliphatic carbocycles. The molecular formula is C22H23FN5NaO4. The van der Waals surface area contributed by atoms with Crippen LogP contribution in [0.2, 0.25) is 0 Å². The second-order valence-corrected chi connectivity index (χ2v) is 7.93. The van der Waals surface area contributed by atoms with E-state index in [4.69, 9.17) is 0 Å². The van der Waals surface area contributed by atoms with Gasteiger partial charge >= 0.3 is 35.2 Å². The van der Waals surface area contributed by atoms with E-state index in [2.05, 4.69) is 4.98 Å². The molecule has 4 rings (SSSR count). The first-order chi connectivity index (χ1) is 15.1. The van der Waals surface area contributed by atoms with E-state index in [1.54, 1.807) is 18.2 Å². The van der Waals surface area contributed by atoms with E-state index < -0.39 is 28.5 Å². The molecule has 0 aliphatic rings. The summed E-state index contributed by atoms with van der Waals surface area (Å²) in [7, 11) is 2.79. The van der Waals surface area contributed by atoms with Gasteiger partial charge in [-0.05, 0) is 31.5 Å². The van der Waals surface area contributed by atoms with Gasteiger partial charge in [0, 0.05) is 20.5 Å². The zero-order valence-corrected chi connectivity index (χ0v) is 18.1. The van der Waals surface area contributed by atoms with E-state index in [0.29, 0.717) is 5.56 Å². The fourth-order valence-corrected chi connectivity index (χ4v) is 3.65. The molecule has 168 valence electrons. The van der Waals surface area contributed by atoms with Gasteiger partial charge in [0.15, 0.2) is 11.2 Å². The predicted octanol–water partition coefficient (Wildman–Crippen LogP) is 0.800. The van der Waals surface area contributed by atoms with Crippen molar-refractivity contribution >= 4 is 46.5 Å².